The third-order valence-electron chi connectivity index (χ3n) is 3.17. The normalized spacial score (nSPS) is 9.18. The van der Waals surface area contributed by atoms with E-state index in [0.29, 0.717) is 5.57 Å². The van der Waals surface area contributed by atoms with E-state index in [4.69, 9.17) is 14.2 Å². The number of hydrogen-bond acceptors (Lipinski definition) is 12. The summed E-state index contributed by atoms with van der Waals surface area (Å²) in [6, 6.07) is 0.0236. The van der Waals surface area contributed by atoms with Gasteiger partial charge >= 0.3 is 36.2 Å². The zero-order chi connectivity index (χ0) is 31.5. The number of primary amides is 1. The summed E-state index contributed by atoms with van der Waals surface area (Å²) >= 11 is 0. The Labute approximate surface area is 234 Å². The third-order valence-corrected chi connectivity index (χ3v) is 3.17. The summed E-state index contributed by atoms with van der Waals surface area (Å²) in [4.78, 5) is 63.5. The Kier molecular flexibility index (Phi) is 26.0. The Bertz CT molecular complexity index is 841. The zero-order valence-corrected chi connectivity index (χ0v) is 23.6. The van der Waals surface area contributed by atoms with Gasteiger partial charge in [0.15, 0.2) is 0 Å². The molecule has 0 aliphatic carbocycles. The van der Waals surface area contributed by atoms with Gasteiger partial charge in [-0.3, -0.25) is 0 Å². The van der Waals surface area contributed by atoms with Crippen molar-refractivity contribution in [3.05, 3.63) is 37.5 Å². The molecule has 0 spiro atoms. The van der Waals surface area contributed by atoms with Crippen LogP contribution >= 0.6 is 0 Å². The minimum absolute atomic E-state index is 0.00616. The summed E-state index contributed by atoms with van der Waals surface area (Å²) in [5.41, 5.74) is 4.94. The molecule has 228 valence electrons. The molecule has 0 radical (unpaired) electrons. The number of nitrogens with one attached hydrogen (secondary N) is 2. The van der Waals surface area contributed by atoms with E-state index in [0.717, 1.165) is 12.2 Å². The maximum atomic E-state index is 10.9. The minimum atomic E-state index is -0.889. The lowest BCUT2D eigenvalue weighted by atomic mass is 10.4. The molecule has 15 nitrogen and oxygen atoms in total. The molecule has 4 N–H and O–H groups in total. The highest BCUT2D eigenvalue weighted by molar-refractivity contribution is 5.86. The lowest BCUT2D eigenvalue weighted by Crippen LogP contribution is -2.31. The van der Waals surface area contributed by atoms with E-state index >= 15 is 0 Å². The second kappa shape index (κ2) is 26.1. The summed E-state index contributed by atoms with van der Waals surface area (Å²) < 4.78 is 27.5. The van der Waals surface area contributed by atoms with E-state index in [1.165, 1.54) is 0 Å². The van der Waals surface area contributed by atoms with Gasteiger partial charge < -0.3 is 44.8 Å². The summed E-state index contributed by atoms with van der Waals surface area (Å²) in [6.45, 7) is 18.9. The van der Waals surface area contributed by atoms with Crippen LogP contribution in [0.3, 0.4) is 0 Å². The van der Waals surface area contributed by atoms with Crippen LogP contribution in [-0.4, -0.2) is 87.9 Å². The van der Waals surface area contributed by atoms with Crippen molar-refractivity contribution in [3.8, 4) is 0 Å². The SMILES string of the molecule is C=C(C)C(=O)OCCOC(=O)NC(C)C.C=CC(=O)OCCNC(=O)OC(C)C.C=CC(=O)OCCOC(N)=O. The van der Waals surface area contributed by atoms with Crippen LogP contribution < -0.4 is 16.4 Å². The molecule has 0 saturated carbocycles. The molecule has 0 rings (SSSR count). The number of esters is 3. The molecule has 0 aromatic rings. The van der Waals surface area contributed by atoms with Crippen molar-refractivity contribution in [2.24, 2.45) is 5.73 Å². The number of hydrogen-bond donors (Lipinski definition) is 3. The number of alkyl carbamates (subject to hydrolysis) is 2. The van der Waals surface area contributed by atoms with Gasteiger partial charge in [0.2, 0.25) is 0 Å². The smallest absolute Gasteiger partial charge is 0.407 e. The molecule has 0 aliphatic rings. The second-order valence-electron chi connectivity index (χ2n) is 7.64. The summed E-state index contributed by atoms with van der Waals surface area (Å²) in [5, 5.41) is 4.96. The van der Waals surface area contributed by atoms with Gasteiger partial charge in [0.1, 0.15) is 33.0 Å². The molecule has 0 atom stereocenters. The van der Waals surface area contributed by atoms with Crippen LogP contribution in [0, 0.1) is 0 Å². The average Bonchev–Trinajstić information content (AvgIpc) is 2.86. The standard InChI is InChI=1S/C10H17NO4.C9H15NO4.C6H9NO4/c1-7(2)9(12)14-5-6-15-10(13)11-8(3)4;1-4-8(11)13-6-5-10-9(12)14-7(2)3;1-2-5(8)10-3-4-11-6(7)9/h8H,1,5-6H2,2-4H3,(H,11,13);4,7H,1,5-6H2,2-3H3,(H,10,12);2H,1,3-4H2,(H2,7,9). The van der Waals surface area contributed by atoms with Crippen LogP contribution in [0.5, 0.6) is 0 Å². The number of ether oxygens (including phenoxy) is 6. The van der Waals surface area contributed by atoms with Crippen LogP contribution in [0.2, 0.25) is 0 Å². The molecular formula is C25H41N3O12. The quantitative estimate of drug-likeness (QED) is 0.117. The van der Waals surface area contributed by atoms with Crippen molar-refractivity contribution in [2.45, 2.75) is 46.8 Å². The molecule has 3 amide bonds. The van der Waals surface area contributed by atoms with Gasteiger partial charge in [-0.1, -0.05) is 19.7 Å². The average molecular weight is 576 g/mol. The highest BCUT2D eigenvalue weighted by atomic mass is 16.6. The molecular weight excluding hydrogens is 534 g/mol. The van der Waals surface area contributed by atoms with Crippen molar-refractivity contribution in [2.75, 3.05) is 39.6 Å². The van der Waals surface area contributed by atoms with Gasteiger partial charge in [0.05, 0.1) is 12.6 Å². The largest absolute Gasteiger partial charge is 0.461 e. The predicted octanol–water partition coefficient (Wildman–Crippen LogP) is 1.90. The summed E-state index contributed by atoms with van der Waals surface area (Å²) in [5.74, 6) is -1.55. The fourth-order valence-corrected chi connectivity index (χ4v) is 1.63. The predicted molar refractivity (Wildman–Crippen MR) is 143 cm³/mol. The molecule has 0 aliphatic heterocycles. The number of rotatable bonds is 14. The zero-order valence-electron chi connectivity index (χ0n) is 23.6. The Balaban J connectivity index is -0.000000520. The van der Waals surface area contributed by atoms with E-state index < -0.39 is 36.2 Å². The van der Waals surface area contributed by atoms with E-state index in [1.807, 2.05) is 13.8 Å². The van der Waals surface area contributed by atoms with Crippen molar-refractivity contribution < 1.29 is 57.2 Å². The van der Waals surface area contributed by atoms with Gasteiger partial charge in [-0.2, -0.15) is 0 Å². The van der Waals surface area contributed by atoms with E-state index in [1.54, 1.807) is 20.8 Å². The fourth-order valence-electron chi connectivity index (χ4n) is 1.63. The molecule has 0 aromatic carbocycles. The summed E-state index contributed by atoms with van der Waals surface area (Å²) in [6.07, 6.45) is -0.00660. The molecule has 0 fully saturated rings. The lowest BCUT2D eigenvalue weighted by Gasteiger charge is -2.09. The van der Waals surface area contributed by atoms with E-state index in [2.05, 4.69) is 50.3 Å². The molecule has 0 heterocycles. The van der Waals surface area contributed by atoms with Crippen molar-refractivity contribution in [1.82, 2.24) is 10.6 Å². The molecule has 0 unspecified atom stereocenters. The Morgan fingerprint density at radius 1 is 0.750 bits per heavy atom. The molecule has 0 saturated heterocycles. The first-order chi connectivity index (χ1) is 18.7. The van der Waals surface area contributed by atoms with Crippen molar-refractivity contribution in [3.63, 3.8) is 0 Å². The third kappa shape index (κ3) is 33.4. The minimum Gasteiger partial charge on any atom is -0.461 e. The van der Waals surface area contributed by atoms with Gasteiger partial charge in [-0.15, -0.1) is 0 Å². The Morgan fingerprint density at radius 2 is 1.23 bits per heavy atom. The van der Waals surface area contributed by atoms with Gasteiger partial charge in [0, 0.05) is 23.8 Å². The number of carbonyl (C=O) groups excluding carboxylic acids is 6. The maximum Gasteiger partial charge on any atom is 0.407 e. The lowest BCUT2D eigenvalue weighted by molar-refractivity contribution is -0.140. The van der Waals surface area contributed by atoms with Gasteiger partial charge in [-0.05, 0) is 34.6 Å². The maximum absolute atomic E-state index is 10.9. The molecule has 40 heavy (non-hydrogen) atoms. The first-order valence-electron chi connectivity index (χ1n) is 11.9. The van der Waals surface area contributed by atoms with E-state index in [9.17, 15) is 28.8 Å². The molecule has 0 bridgehead atoms. The van der Waals surface area contributed by atoms with Crippen LogP contribution in [-0.2, 0) is 42.8 Å². The number of amides is 3. The monoisotopic (exact) mass is 575 g/mol. The number of nitrogens with two attached hydrogens (primary N) is 1. The van der Waals surface area contributed by atoms with Crippen LogP contribution in [0.25, 0.3) is 0 Å². The highest BCUT2D eigenvalue weighted by Crippen LogP contribution is 1.92. The van der Waals surface area contributed by atoms with Crippen LogP contribution in [0.15, 0.2) is 37.5 Å². The van der Waals surface area contributed by atoms with Crippen LogP contribution in [0.4, 0.5) is 14.4 Å². The second-order valence-corrected chi connectivity index (χ2v) is 7.64. The number of carbonyl (C=O) groups is 6. The summed E-state index contributed by atoms with van der Waals surface area (Å²) in [7, 11) is 0. The Morgan fingerprint density at radius 3 is 1.68 bits per heavy atom. The first kappa shape index (κ1) is 39.9. The van der Waals surface area contributed by atoms with Crippen molar-refractivity contribution in [1.29, 1.82) is 0 Å². The van der Waals surface area contributed by atoms with Crippen molar-refractivity contribution >= 4 is 36.2 Å². The van der Waals surface area contributed by atoms with Gasteiger partial charge in [0.25, 0.3) is 0 Å². The molecule has 0 aromatic heterocycles. The van der Waals surface area contributed by atoms with Crippen LogP contribution in [0.1, 0.15) is 34.6 Å². The molecule has 15 heteroatoms. The van der Waals surface area contributed by atoms with E-state index in [-0.39, 0.29) is 51.7 Å². The highest BCUT2D eigenvalue weighted by Gasteiger charge is 2.06. The fraction of sp³-hybridized carbons (Fsp3) is 0.520. The topological polar surface area (TPSA) is 208 Å². The first-order valence-corrected chi connectivity index (χ1v) is 11.9. The Hall–Kier alpha value is -4.56. The van der Waals surface area contributed by atoms with Gasteiger partial charge in [-0.25, -0.2) is 28.8 Å².